The molecule has 0 fully saturated rings. The highest BCUT2D eigenvalue weighted by Crippen LogP contribution is 2.37. The lowest BCUT2D eigenvalue weighted by Gasteiger charge is -2.17. The van der Waals surface area contributed by atoms with Gasteiger partial charge in [0.2, 0.25) is 0 Å². The Balaban J connectivity index is 2.45. The lowest BCUT2D eigenvalue weighted by Crippen LogP contribution is -2.20. The van der Waals surface area contributed by atoms with E-state index < -0.39 is 35.1 Å². The number of nitrogens with one attached hydrogen (secondary N) is 1. The lowest BCUT2D eigenvalue weighted by molar-refractivity contribution is -0.143. The van der Waals surface area contributed by atoms with Gasteiger partial charge in [0.1, 0.15) is 5.82 Å². The van der Waals surface area contributed by atoms with E-state index in [1.807, 2.05) is 0 Å². The molecule has 0 bridgehead atoms. The van der Waals surface area contributed by atoms with Crippen LogP contribution in [0.1, 0.15) is 21.5 Å². The Labute approximate surface area is 144 Å². The smallest absolute Gasteiger partial charge is 0.362 e. The number of amides is 1. The number of nitrogens with zero attached hydrogens (tertiary/aromatic N) is 2. The molecule has 4 nitrogen and oxygen atoms in total. The van der Waals surface area contributed by atoms with Gasteiger partial charge in [-0.1, -0.05) is 0 Å². The third-order valence-corrected chi connectivity index (χ3v) is 3.30. The third-order valence-electron chi connectivity index (χ3n) is 3.30. The molecule has 1 heterocycles. The second kappa shape index (κ2) is 6.85. The fourth-order valence-electron chi connectivity index (χ4n) is 2.16. The quantitative estimate of drug-likeness (QED) is 0.805. The van der Waals surface area contributed by atoms with Crippen molar-refractivity contribution in [1.82, 2.24) is 4.98 Å². The van der Waals surface area contributed by atoms with Crippen LogP contribution in [0.4, 0.5) is 37.8 Å². The van der Waals surface area contributed by atoms with Gasteiger partial charge >= 0.3 is 12.4 Å². The number of benzene rings is 1. The number of rotatable bonds is 3. The van der Waals surface area contributed by atoms with E-state index >= 15 is 0 Å². The molecule has 0 saturated heterocycles. The molecule has 1 amide bonds. The number of carbonyl (C=O) groups is 1. The molecule has 0 aliphatic carbocycles. The highest BCUT2D eigenvalue weighted by atomic mass is 19.4. The fraction of sp³-hybridized carbons (Fsp3) is 0.250. The van der Waals surface area contributed by atoms with E-state index in [2.05, 4.69) is 10.3 Å². The Kier molecular flexibility index (Phi) is 5.15. The zero-order chi connectivity index (χ0) is 19.7. The van der Waals surface area contributed by atoms with E-state index in [0.717, 1.165) is 0 Å². The zero-order valence-corrected chi connectivity index (χ0v) is 13.5. The van der Waals surface area contributed by atoms with Crippen LogP contribution in [-0.4, -0.2) is 25.0 Å². The highest BCUT2D eigenvalue weighted by molar-refractivity contribution is 6.07. The number of hydrogen-bond donors (Lipinski definition) is 1. The second-order valence-electron chi connectivity index (χ2n) is 5.52. The van der Waals surface area contributed by atoms with Crippen molar-refractivity contribution in [3.05, 3.63) is 53.2 Å². The van der Waals surface area contributed by atoms with E-state index in [1.54, 1.807) is 14.1 Å². The first kappa shape index (κ1) is 19.5. The van der Waals surface area contributed by atoms with Crippen LogP contribution in [0.3, 0.4) is 0 Å². The Bertz CT molecular complexity index is 782. The summed E-state index contributed by atoms with van der Waals surface area (Å²) in [6, 6.07) is 3.66. The molecule has 2 aromatic rings. The molecule has 26 heavy (non-hydrogen) atoms. The molecule has 0 atom stereocenters. The second-order valence-corrected chi connectivity index (χ2v) is 5.52. The van der Waals surface area contributed by atoms with Gasteiger partial charge in [-0.3, -0.25) is 4.79 Å². The molecule has 0 unspecified atom stereocenters. The van der Waals surface area contributed by atoms with Crippen LogP contribution in [0.2, 0.25) is 0 Å². The molecule has 1 aromatic carbocycles. The average molecular weight is 377 g/mol. The lowest BCUT2D eigenvalue weighted by atomic mass is 10.1. The summed E-state index contributed by atoms with van der Waals surface area (Å²) in [5, 5.41) is 2.07. The number of aromatic nitrogens is 1. The van der Waals surface area contributed by atoms with Crippen LogP contribution < -0.4 is 10.2 Å². The fourth-order valence-corrected chi connectivity index (χ4v) is 2.16. The number of anilines is 2. The summed E-state index contributed by atoms with van der Waals surface area (Å²) in [4.78, 5) is 17.8. The van der Waals surface area contributed by atoms with Gasteiger partial charge in [0.05, 0.1) is 16.7 Å². The van der Waals surface area contributed by atoms with E-state index in [4.69, 9.17) is 0 Å². The number of pyridine rings is 1. The molecule has 0 aliphatic heterocycles. The predicted molar refractivity (Wildman–Crippen MR) is 83.0 cm³/mol. The van der Waals surface area contributed by atoms with Gasteiger partial charge in [0, 0.05) is 26.0 Å². The Hall–Kier alpha value is -2.78. The molecule has 0 radical (unpaired) electrons. The van der Waals surface area contributed by atoms with Gasteiger partial charge in [0.15, 0.2) is 0 Å². The van der Waals surface area contributed by atoms with Gasteiger partial charge in [-0.25, -0.2) is 4.98 Å². The minimum absolute atomic E-state index is 0.00321. The minimum Gasteiger partial charge on any atom is -0.362 e. The first-order chi connectivity index (χ1) is 11.9. The van der Waals surface area contributed by atoms with Crippen LogP contribution in [0.5, 0.6) is 0 Å². The monoisotopic (exact) mass is 377 g/mol. The normalized spacial score (nSPS) is 12.0. The van der Waals surface area contributed by atoms with Gasteiger partial charge in [0.25, 0.3) is 5.91 Å². The van der Waals surface area contributed by atoms with Crippen LogP contribution >= 0.6 is 0 Å². The maximum absolute atomic E-state index is 12.9. The summed E-state index contributed by atoms with van der Waals surface area (Å²) in [6.07, 6.45) is -8.59. The predicted octanol–water partition coefficient (Wildman–Crippen LogP) is 4.44. The van der Waals surface area contributed by atoms with Gasteiger partial charge in [-0.2, -0.15) is 26.3 Å². The molecule has 0 aliphatic rings. The molecule has 140 valence electrons. The number of alkyl halides is 6. The van der Waals surface area contributed by atoms with E-state index in [0.29, 0.717) is 12.1 Å². The maximum atomic E-state index is 12.9. The molecule has 0 spiro atoms. The van der Waals surface area contributed by atoms with Crippen LogP contribution in [0, 0.1) is 0 Å². The van der Waals surface area contributed by atoms with Crippen molar-refractivity contribution in [3.63, 3.8) is 0 Å². The van der Waals surface area contributed by atoms with Gasteiger partial charge in [-0.05, 0) is 30.3 Å². The highest BCUT2D eigenvalue weighted by Gasteiger charge is 2.37. The molecular weight excluding hydrogens is 364 g/mol. The van der Waals surface area contributed by atoms with Crippen LogP contribution in [-0.2, 0) is 12.4 Å². The average Bonchev–Trinajstić information content (AvgIpc) is 2.52. The van der Waals surface area contributed by atoms with E-state index in [-0.39, 0.29) is 17.4 Å². The van der Waals surface area contributed by atoms with Crippen molar-refractivity contribution >= 4 is 17.4 Å². The topological polar surface area (TPSA) is 45.2 Å². The third kappa shape index (κ3) is 4.44. The van der Waals surface area contributed by atoms with Crippen molar-refractivity contribution in [2.45, 2.75) is 12.4 Å². The SMILES string of the molecule is CN(C)c1ncccc1C(=O)Nc1cc(C(F)(F)F)cc(C(F)(F)F)c1. The molecule has 1 aromatic heterocycles. The summed E-state index contributed by atoms with van der Waals surface area (Å²) in [6.45, 7) is 0. The summed E-state index contributed by atoms with van der Waals surface area (Å²) in [5.41, 5.74) is -3.64. The largest absolute Gasteiger partial charge is 0.416 e. The summed E-state index contributed by atoms with van der Waals surface area (Å²) in [7, 11) is 3.18. The molecule has 0 saturated carbocycles. The van der Waals surface area contributed by atoms with Crippen molar-refractivity contribution in [2.24, 2.45) is 0 Å². The molecule has 2 rings (SSSR count). The Morgan fingerprint density at radius 2 is 1.54 bits per heavy atom. The van der Waals surface area contributed by atoms with Crippen molar-refractivity contribution in [2.75, 3.05) is 24.3 Å². The molecular formula is C16H13F6N3O. The van der Waals surface area contributed by atoms with Gasteiger partial charge in [-0.15, -0.1) is 0 Å². The molecule has 10 heteroatoms. The number of hydrogen-bond acceptors (Lipinski definition) is 3. The van der Waals surface area contributed by atoms with E-state index in [1.165, 1.54) is 23.2 Å². The Morgan fingerprint density at radius 1 is 1.00 bits per heavy atom. The first-order valence-electron chi connectivity index (χ1n) is 7.13. The standard InChI is InChI=1S/C16H13F6N3O/c1-25(2)13-12(4-3-5-23-13)14(26)24-11-7-9(15(17,18)19)6-10(8-11)16(20,21)22/h3-8H,1-2H3,(H,24,26). The maximum Gasteiger partial charge on any atom is 0.416 e. The minimum atomic E-state index is -5.00. The van der Waals surface area contributed by atoms with Crippen molar-refractivity contribution in [3.8, 4) is 0 Å². The number of carbonyl (C=O) groups excluding carboxylic acids is 1. The zero-order valence-electron chi connectivity index (χ0n) is 13.5. The summed E-state index contributed by atoms with van der Waals surface area (Å²) in [5.74, 6) is -0.665. The van der Waals surface area contributed by atoms with Crippen LogP contribution in [0.15, 0.2) is 36.5 Å². The first-order valence-corrected chi connectivity index (χ1v) is 7.13. The number of halogens is 6. The van der Waals surface area contributed by atoms with E-state index in [9.17, 15) is 31.1 Å². The van der Waals surface area contributed by atoms with Crippen LogP contribution in [0.25, 0.3) is 0 Å². The molecule has 1 N–H and O–H groups in total. The van der Waals surface area contributed by atoms with Gasteiger partial charge < -0.3 is 10.2 Å². The van der Waals surface area contributed by atoms with Crippen molar-refractivity contribution in [1.29, 1.82) is 0 Å². The summed E-state index contributed by atoms with van der Waals surface area (Å²) >= 11 is 0. The van der Waals surface area contributed by atoms with Crippen molar-refractivity contribution < 1.29 is 31.1 Å². The Morgan fingerprint density at radius 3 is 2.00 bits per heavy atom. The summed E-state index contributed by atoms with van der Waals surface area (Å²) < 4.78 is 77.2.